The summed E-state index contributed by atoms with van der Waals surface area (Å²) in [6.45, 7) is 1.51. The first-order chi connectivity index (χ1) is 13.2. The van der Waals surface area contributed by atoms with Crippen molar-refractivity contribution in [3.63, 3.8) is 0 Å². The molecule has 2 unspecified atom stereocenters. The molecule has 0 amide bonds. The van der Waals surface area contributed by atoms with Crippen molar-refractivity contribution in [2.24, 2.45) is 0 Å². The van der Waals surface area contributed by atoms with Crippen molar-refractivity contribution in [1.82, 2.24) is 4.72 Å². The van der Waals surface area contributed by atoms with Gasteiger partial charge in [0, 0.05) is 16.6 Å². The van der Waals surface area contributed by atoms with Crippen LogP contribution in [0.5, 0.6) is 0 Å². The van der Waals surface area contributed by atoms with Crippen LogP contribution in [0.15, 0.2) is 57.9 Å². The van der Waals surface area contributed by atoms with E-state index in [2.05, 4.69) is 20.7 Å². The number of nitro groups is 1. The Bertz CT molecular complexity index is 946. The highest BCUT2D eigenvalue weighted by molar-refractivity contribution is 9.10. The summed E-state index contributed by atoms with van der Waals surface area (Å²) in [5.74, 6) is -0.978. The van der Waals surface area contributed by atoms with Crippen LogP contribution in [0.3, 0.4) is 0 Å². The first-order valence-electron chi connectivity index (χ1n) is 8.02. The minimum Gasteiger partial charge on any atom is -0.465 e. The van der Waals surface area contributed by atoms with Crippen LogP contribution in [0, 0.1) is 10.1 Å². The molecule has 0 aliphatic carbocycles. The van der Waals surface area contributed by atoms with Crippen molar-refractivity contribution in [2.75, 3.05) is 6.61 Å². The number of hydrogen-bond acceptors (Lipinski definition) is 7. The predicted octanol–water partition coefficient (Wildman–Crippen LogP) is 2.30. The van der Waals surface area contributed by atoms with Gasteiger partial charge < -0.3 is 9.84 Å². The number of benzene rings is 2. The lowest BCUT2D eigenvalue weighted by Crippen LogP contribution is -2.45. The van der Waals surface area contributed by atoms with E-state index in [1.807, 2.05) is 0 Å². The van der Waals surface area contributed by atoms with Crippen LogP contribution < -0.4 is 4.72 Å². The van der Waals surface area contributed by atoms with Gasteiger partial charge in [-0.3, -0.25) is 14.9 Å². The lowest BCUT2D eigenvalue weighted by atomic mass is 10.0. The Balaban J connectivity index is 2.34. The number of nitro benzene ring substituents is 1. The Kier molecular flexibility index (Phi) is 7.24. The highest BCUT2D eigenvalue weighted by atomic mass is 79.9. The summed E-state index contributed by atoms with van der Waals surface area (Å²) >= 11 is 3.20. The van der Waals surface area contributed by atoms with Gasteiger partial charge >= 0.3 is 5.97 Å². The van der Waals surface area contributed by atoms with Gasteiger partial charge in [0.2, 0.25) is 10.0 Å². The van der Waals surface area contributed by atoms with Crippen LogP contribution in [0.4, 0.5) is 5.69 Å². The summed E-state index contributed by atoms with van der Waals surface area (Å²) in [6.07, 6.45) is -1.62. The number of rotatable bonds is 8. The fourth-order valence-corrected chi connectivity index (χ4v) is 3.76. The number of non-ortho nitro benzene ring substituents is 1. The summed E-state index contributed by atoms with van der Waals surface area (Å²) in [5, 5.41) is 21.3. The van der Waals surface area contributed by atoms with Gasteiger partial charge in [-0.25, -0.2) is 8.42 Å². The molecule has 2 aromatic rings. The number of halogens is 1. The number of nitrogens with zero attached hydrogens (tertiary/aromatic N) is 1. The lowest BCUT2D eigenvalue weighted by Gasteiger charge is -2.22. The van der Waals surface area contributed by atoms with Crippen molar-refractivity contribution in [3.8, 4) is 0 Å². The largest absolute Gasteiger partial charge is 0.465 e. The van der Waals surface area contributed by atoms with Crippen molar-refractivity contribution >= 4 is 37.6 Å². The molecule has 2 aromatic carbocycles. The molecule has 0 fully saturated rings. The second-order valence-corrected chi connectivity index (χ2v) is 8.23. The summed E-state index contributed by atoms with van der Waals surface area (Å²) in [7, 11) is -4.15. The molecular formula is C17H17BrN2O7S. The molecule has 0 heterocycles. The third-order valence-corrected chi connectivity index (χ3v) is 5.69. The van der Waals surface area contributed by atoms with E-state index >= 15 is 0 Å². The van der Waals surface area contributed by atoms with E-state index in [9.17, 15) is 28.4 Å². The highest BCUT2D eigenvalue weighted by Crippen LogP contribution is 2.23. The maximum atomic E-state index is 12.6. The molecule has 11 heteroatoms. The van der Waals surface area contributed by atoms with E-state index in [1.54, 1.807) is 0 Å². The summed E-state index contributed by atoms with van der Waals surface area (Å²) in [4.78, 5) is 22.3. The summed E-state index contributed by atoms with van der Waals surface area (Å²) in [5.41, 5.74) is -0.0961. The number of carbonyl (C=O) groups excluding carboxylic acids is 1. The van der Waals surface area contributed by atoms with E-state index in [-0.39, 0.29) is 22.8 Å². The van der Waals surface area contributed by atoms with Gasteiger partial charge in [0.25, 0.3) is 5.69 Å². The van der Waals surface area contributed by atoms with Crippen molar-refractivity contribution in [2.45, 2.75) is 24.0 Å². The van der Waals surface area contributed by atoms with Gasteiger partial charge in [0.1, 0.15) is 12.1 Å². The molecule has 150 valence electrons. The van der Waals surface area contributed by atoms with E-state index < -0.39 is 33.1 Å². The number of hydrogen-bond donors (Lipinski definition) is 2. The Hall–Kier alpha value is -2.34. The average molecular weight is 473 g/mol. The average Bonchev–Trinajstić information content (AvgIpc) is 2.66. The predicted molar refractivity (Wildman–Crippen MR) is 103 cm³/mol. The van der Waals surface area contributed by atoms with Gasteiger partial charge in [-0.05, 0) is 48.9 Å². The zero-order chi connectivity index (χ0) is 20.9. The van der Waals surface area contributed by atoms with Gasteiger partial charge in [-0.1, -0.05) is 15.9 Å². The van der Waals surface area contributed by atoms with Crippen molar-refractivity contribution in [1.29, 1.82) is 0 Å². The molecular weight excluding hydrogens is 456 g/mol. The van der Waals surface area contributed by atoms with Gasteiger partial charge in [-0.15, -0.1) is 0 Å². The van der Waals surface area contributed by atoms with Crippen LogP contribution in [0.25, 0.3) is 0 Å². The number of carbonyl (C=O) groups is 1. The Morgan fingerprint density at radius 3 is 2.29 bits per heavy atom. The van der Waals surface area contributed by atoms with E-state index in [0.29, 0.717) is 4.47 Å². The Morgan fingerprint density at radius 2 is 1.79 bits per heavy atom. The van der Waals surface area contributed by atoms with Crippen LogP contribution >= 0.6 is 15.9 Å². The van der Waals surface area contributed by atoms with Gasteiger partial charge in [0.05, 0.1) is 16.4 Å². The fraction of sp³-hybridized carbons (Fsp3) is 0.235. The molecule has 2 rings (SSSR count). The van der Waals surface area contributed by atoms with Crippen LogP contribution in [0.1, 0.15) is 18.6 Å². The molecule has 0 aliphatic rings. The van der Waals surface area contributed by atoms with Crippen molar-refractivity contribution in [3.05, 3.63) is 68.7 Å². The van der Waals surface area contributed by atoms with E-state index in [0.717, 1.165) is 12.1 Å². The normalized spacial score (nSPS) is 13.5. The van der Waals surface area contributed by atoms with Crippen LogP contribution in [-0.2, 0) is 19.6 Å². The standard InChI is InChI=1S/C17H17BrN2O7S/c1-2-27-17(22)15(16(21)11-3-7-13(8-4-11)20(23)24)19-28(25,26)14-9-5-12(18)6-10-14/h3-10,15-16,19,21H,2H2,1H3. The molecule has 0 radical (unpaired) electrons. The summed E-state index contributed by atoms with van der Waals surface area (Å²) in [6, 6.07) is 8.80. The smallest absolute Gasteiger partial charge is 0.327 e. The monoisotopic (exact) mass is 472 g/mol. The van der Waals surface area contributed by atoms with Gasteiger partial charge in [-0.2, -0.15) is 4.72 Å². The van der Waals surface area contributed by atoms with Crippen molar-refractivity contribution < 1.29 is 28.0 Å². The molecule has 2 atom stereocenters. The first kappa shape index (κ1) is 22.0. The third kappa shape index (κ3) is 5.35. The fourth-order valence-electron chi connectivity index (χ4n) is 2.31. The number of nitrogens with one attached hydrogen (secondary N) is 1. The molecule has 0 saturated carbocycles. The molecule has 9 nitrogen and oxygen atoms in total. The molecule has 2 N–H and O–H groups in total. The molecule has 28 heavy (non-hydrogen) atoms. The molecule has 0 aliphatic heterocycles. The van der Waals surface area contributed by atoms with Crippen LogP contribution in [0.2, 0.25) is 0 Å². The minimum atomic E-state index is -4.15. The maximum Gasteiger partial charge on any atom is 0.327 e. The zero-order valence-corrected chi connectivity index (χ0v) is 17.0. The first-order valence-corrected chi connectivity index (χ1v) is 10.3. The highest BCUT2D eigenvalue weighted by Gasteiger charge is 2.34. The number of sulfonamides is 1. The van der Waals surface area contributed by atoms with E-state index in [1.165, 1.54) is 43.3 Å². The number of aliphatic hydroxyl groups is 1. The Labute approximate surface area is 169 Å². The second-order valence-electron chi connectivity index (χ2n) is 5.60. The minimum absolute atomic E-state index is 0.0255. The number of ether oxygens (including phenoxy) is 1. The Morgan fingerprint density at radius 1 is 1.21 bits per heavy atom. The lowest BCUT2D eigenvalue weighted by molar-refractivity contribution is -0.384. The molecule has 0 spiro atoms. The third-order valence-electron chi connectivity index (χ3n) is 3.71. The maximum absolute atomic E-state index is 12.6. The molecule has 0 saturated heterocycles. The van der Waals surface area contributed by atoms with Gasteiger partial charge in [0.15, 0.2) is 0 Å². The van der Waals surface area contributed by atoms with E-state index in [4.69, 9.17) is 4.74 Å². The number of esters is 1. The quantitative estimate of drug-likeness (QED) is 0.341. The summed E-state index contributed by atoms with van der Waals surface area (Å²) < 4.78 is 32.9. The topological polar surface area (TPSA) is 136 Å². The zero-order valence-electron chi connectivity index (χ0n) is 14.6. The SMILES string of the molecule is CCOC(=O)C(NS(=O)(=O)c1ccc(Br)cc1)C(O)c1ccc([N+](=O)[O-])cc1. The number of aliphatic hydroxyl groups excluding tert-OH is 1. The molecule has 0 aromatic heterocycles. The molecule has 0 bridgehead atoms. The second kappa shape index (κ2) is 9.24. The van der Waals surface area contributed by atoms with Crippen LogP contribution in [-0.4, -0.2) is 37.1 Å².